The smallest absolute Gasteiger partial charge is 0.141 e. The second-order valence-corrected chi connectivity index (χ2v) is 5.28. The second kappa shape index (κ2) is 5.87. The molecule has 0 saturated heterocycles. The molecule has 0 saturated carbocycles. The van der Waals surface area contributed by atoms with Gasteiger partial charge in [-0.15, -0.1) is 0 Å². The van der Waals surface area contributed by atoms with E-state index in [9.17, 15) is 0 Å². The third kappa shape index (κ3) is 2.76. The van der Waals surface area contributed by atoms with Gasteiger partial charge in [-0.3, -0.25) is 0 Å². The van der Waals surface area contributed by atoms with Crippen LogP contribution in [0.3, 0.4) is 0 Å². The number of imidazole rings is 1. The van der Waals surface area contributed by atoms with E-state index >= 15 is 0 Å². The van der Waals surface area contributed by atoms with Crippen LogP contribution >= 0.6 is 27.5 Å². The van der Waals surface area contributed by atoms with Crippen molar-refractivity contribution in [2.75, 3.05) is 13.6 Å². The number of nitrogens with zero attached hydrogens (tertiary/aromatic N) is 2. The number of rotatable bonds is 4. The van der Waals surface area contributed by atoms with E-state index in [0.717, 1.165) is 34.0 Å². The fourth-order valence-electron chi connectivity index (χ4n) is 1.87. The van der Waals surface area contributed by atoms with Crippen LogP contribution in [0.25, 0.3) is 11.4 Å². The van der Waals surface area contributed by atoms with Gasteiger partial charge in [0.1, 0.15) is 10.4 Å². The molecule has 2 rings (SSSR count). The van der Waals surface area contributed by atoms with Gasteiger partial charge in [0.2, 0.25) is 0 Å². The Hall–Kier alpha value is -0.840. The van der Waals surface area contributed by atoms with E-state index in [1.807, 2.05) is 38.4 Å². The average molecular weight is 329 g/mol. The maximum absolute atomic E-state index is 5.90. The number of halogens is 2. The molecular weight excluding hydrogens is 314 g/mol. The van der Waals surface area contributed by atoms with Crippen LogP contribution in [0.2, 0.25) is 5.02 Å². The van der Waals surface area contributed by atoms with E-state index in [1.54, 1.807) is 0 Å². The molecule has 96 valence electrons. The molecule has 18 heavy (non-hydrogen) atoms. The van der Waals surface area contributed by atoms with E-state index in [2.05, 4.69) is 30.8 Å². The molecule has 0 amide bonds. The highest BCUT2D eigenvalue weighted by atomic mass is 79.9. The van der Waals surface area contributed by atoms with Crippen molar-refractivity contribution in [1.29, 1.82) is 0 Å². The summed E-state index contributed by atoms with van der Waals surface area (Å²) in [4.78, 5) is 4.57. The predicted octanol–water partition coefficient (Wildman–Crippen LogP) is 3.26. The lowest BCUT2D eigenvalue weighted by atomic mass is 10.2. The molecule has 0 spiro atoms. The second-order valence-electron chi connectivity index (χ2n) is 4.09. The number of hydrogen-bond acceptors (Lipinski definition) is 2. The van der Waals surface area contributed by atoms with Gasteiger partial charge in [-0.2, -0.15) is 0 Å². The van der Waals surface area contributed by atoms with Gasteiger partial charge in [0.15, 0.2) is 0 Å². The van der Waals surface area contributed by atoms with Crippen LogP contribution in [0, 0.1) is 0 Å². The molecule has 0 unspecified atom stereocenters. The van der Waals surface area contributed by atoms with E-state index < -0.39 is 0 Å². The highest BCUT2D eigenvalue weighted by molar-refractivity contribution is 9.10. The summed E-state index contributed by atoms with van der Waals surface area (Å²) < 4.78 is 3.02. The van der Waals surface area contributed by atoms with Crippen molar-refractivity contribution >= 4 is 27.5 Å². The zero-order chi connectivity index (χ0) is 13.1. The van der Waals surface area contributed by atoms with Crippen molar-refractivity contribution < 1.29 is 0 Å². The SMILES string of the molecule is CNCCc1c(Br)nc(-c2ccc(Cl)cc2)n1C. The minimum atomic E-state index is 0.738. The molecule has 3 nitrogen and oxygen atoms in total. The van der Waals surface area contributed by atoms with Gasteiger partial charge in [-0.05, 0) is 47.2 Å². The summed E-state index contributed by atoms with van der Waals surface area (Å²) in [5.74, 6) is 0.949. The fraction of sp³-hybridized carbons (Fsp3) is 0.308. The summed E-state index contributed by atoms with van der Waals surface area (Å²) in [5.41, 5.74) is 2.26. The Morgan fingerprint density at radius 2 is 2.00 bits per heavy atom. The topological polar surface area (TPSA) is 29.9 Å². The molecule has 0 bridgehead atoms. The molecule has 0 aliphatic carbocycles. The van der Waals surface area contributed by atoms with Gasteiger partial charge >= 0.3 is 0 Å². The summed E-state index contributed by atoms with van der Waals surface area (Å²) in [6, 6.07) is 7.73. The summed E-state index contributed by atoms with van der Waals surface area (Å²) in [7, 11) is 3.98. The molecule has 1 aromatic carbocycles. The van der Waals surface area contributed by atoms with E-state index in [0.29, 0.717) is 0 Å². The highest BCUT2D eigenvalue weighted by Gasteiger charge is 2.13. The van der Waals surface area contributed by atoms with Gasteiger partial charge in [0.25, 0.3) is 0 Å². The van der Waals surface area contributed by atoms with Crippen LogP contribution in [-0.4, -0.2) is 23.1 Å². The van der Waals surface area contributed by atoms with Gasteiger partial charge in [0, 0.05) is 30.6 Å². The summed E-state index contributed by atoms with van der Waals surface area (Å²) in [5, 5.41) is 3.89. The number of aromatic nitrogens is 2. The Labute approximate surface area is 120 Å². The van der Waals surface area contributed by atoms with Gasteiger partial charge < -0.3 is 9.88 Å². The molecule has 0 aliphatic heterocycles. The lowest BCUT2D eigenvalue weighted by molar-refractivity contribution is 0.738. The lowest BCUT2D eigenvalue weighted by Crippen LogP contribution is -2.12. The monoisotopic (exact) mass is 327 g/mol. The van der Waals surface area contributed by atoms with Gasteiger partial charge in [0.05, 0.1) is 5.69 Å². The van der Waals surface area contributed by atoms with Crippen molar-refractivity contribution in [3.05, 3.63) is 39.6 Å². The molecule has 0 radical (unpaired) electrons. The van der Waals surface area contributed by atoms with Crippen LogP contribution in [0.1, 0.15) is 5.69 Å². The molecular formula is C13H15BrClN3. The Balaban J connectivity index is 2.37. The summed E-state index contributed by atoms with van der Waals surface area (Å²) in [6.45, 7) is 0.929. The highest BCUT2D eigenvalue weighted by Crippen LogP contribution is 2.26. The van der Waals surface area contributed by atoms with Crippen molar-refractivity contribution in [3.8, 4) is 11.4 Å². The molecule has 0 fully saturated rings. The third-order valence-corrected chi connectivity index (χ3v) is 3.77. The van der Waals surface area contributed by atoms with Gasteiger partial charge in [-0.25, -0.2) is 4.98 Å². The first-order chi connectivity index (χ1) is 8.63. The van der Waals surface area contributed by atoms with Crippen molar-refractivity contribution in [2.24, 2.45) is 7.05 Å². The number of nitrogens with one attached hydrogen (secondary N) is 1. The zero-order valence-electron chi connectivity index (χ0n) is 10.4. The zero-order valence-corrected chi connectivity index (χ0v) is 12.7. The van der Waals surface area contributed by atoms with Crippen molar-refractivity contribution in [2.45, 2.75) is 6.42 Å². The molecule has 1 heterocycles. The molecule has 0 atom stereocenters. The molecule has 1 aromatic heterocycles. The maximum atomic E-state index is 5.90. The largest absolute Gasteiger partial charge is 0.330 e. The normalized spacial score (nSPS) is 10.9. The Morgan fingerprint density at radius 3 is 2.61 bits per heavy atom. The van der Waals surface area contributed by atoms with Crippen LogP contribution in [0.5, 0.6) is 0 Å². The van der Waals surface area contributed by atoms with Gasteiger partial charge in [-0.1, -0.05) is 11.6 Å². The van der Waals surface area contributed by atoms with Crippen LogP contribution in [0.15, 0.2) is 28.9 Å². The molecule has 5 heteroatoms. The summed E-state index contributed by atoms with van der Waals surface area (Å²) in [6.07, 6.45) is 0.939. The number of hydrogen-bond donors (Lipinski definition) is 1. The average Bonchev–Trinajstić information content (AvgIpc) is 2.64. The minimum absolute atomic E-state index is 0.738. The van der Waals surface area contributed by atoms with Crippen LogP contribution in [-0.2, 0) is 13.5 Å². The summed E-state index contributed by atoms with van der Waals surface area (Å²) >= 11 is 9.42. The first-order valence-electron chi connectivity index (χ1n) is 5.75. The van der Waals surface area contributed by atoms with E-state index in [-0.39, 0.29) is 0 Å². The van der Waals surface area contributed by atoms with E-state index in [1.165, 1.54) is 5.69 Å². The number of likely N-dealkylation sites (N-methyl/N-ethyl adjacent to an activating group) is 1. The fourth-order valence-corrected chi connectivity index (χ4v) is 2.63. The Bertz CT molecular complexity index is 534. The van der Waals surface area contributed by atoms with E-state index in [4.69, 9.17) is 11.6 Å². The molecule has 1 N–H and O–H groups in total. The predicted molar refractivity (Wildman–Crippen MR) is 79.0 cm³/mol. The lowest BCUT2D eigenvalue weighted by Gasteiger charge is -2.06. The third-order valence-electron chi connectivity index (χ3n) is 2.88. The Kier molecular flexibility index (Phi) is 4.43. The van der Waals surface area contributed by atoms with Crippen molar-refractivity contribution in [1.82, 2.24) is 14.9 Å². The Morgan fingerprint density at radius 1 is 1.33 bits per heavy atom. The molecule has 0 aliphatic rings. The quantitative estimate of drug-likeness (QED) is 0.933. The minimum Gasteiger partial charge on any atom is -0.330 e. The van der Waals surface area contributed by atoms with Crippen molar-refractivity contribution in [3.63, 3.8) is 0 Å². The van der Waals surface area contributed by atoms with Crippen LogP contribution in [0.4, 0.5) is 0 Å². The number of benzene rings is 1. The van der Waals surface area contributed by atoms with Crippen LogP contribution < -0.4 is 5.32 Å². The standard InChI is InChI=1S/C13H15BrClN3/c1-16-8-7-11-12(14)17-13(18(11)2)9-3-5-10(15)6-4-9/h3-6,16H,7-8H2,1-2H3. The first-order valence-corrected chi connectivity index (χ1v) is 6.92. The maximum Gasteiger partial charge on any atom is 0.141 e. The molecule has 2 aromatic rings. The first kappa shape index (κ1) is 13.6.